The molecule has 16 heavy (non-hydrogen) atoms. The Balaban J connectivity index is 2.24. The van der Waals surface area contributed by atoms with Crippen molar-refractivity contribution in [1.29, 1.82) is 0 Å². The fraction of sp³-hybridized carbons (Fsp3) is 0.571. The lowest BCUT2D eigenvalue weighted by Gasteiger charge is -2.30. The Kier molecular flexibility index (Phi) is 3.88. The lowest BCUT2D eigenvalue weighted by molar-refractivity contribution is 0.410. The number of hydrogen-bond acceptors (Lipinski definition) is 1. The van der Waals surface area contributed by atoms with E-state index in [4.69, 9.17) is 11.6 Å². The standard InChI is InChI=1S/C14H20ClN/c1-2-16-11-14(8-3-4-9-14)12-6-5-7-13(15)10-12/h5-7,10,16H,2-4,8-9,11H2,1H3. The highest BCUT2D eigenvalue weighted by atomic mass is 35.5. The molecule has 0 radical (unpaired) electrons. The van der Waals surface area contributed by atoms with Crippen LogP contribution in [0.4, 0.5) is 0 Å². The molecule has 88 valence electrons. The summed E-state index contributed by atoms with van der Waals surface area (Å²) in [5, 5.41) is 4.37. The minimum absolute atomic E-state index is 0.334. The molecule has 0 heterocycles. The van der Waals surface area contributed by atoms with Gasteiger partial charge in [-0.05, 0) is 37.1 Å². The Morgan fingerprint density at radius 2 is 2.06 bits per heavy atom. The SMILES string of the molecule is CCNCC1(c2cccc(Cl)c2)CCCC1. The summed E-state index contributed by atoms with van der Waals surface area (Å²) < 4.78 is 0. The average molecular weight is 238 g/mol. The van der Waals surface area contributed by atoms with Gasteiger partial charge in [-0.2, -0.15) is 0 Å². The number of nitrogens with one attached hydrogen (secondary N) is 1. The molecule has 0 spiro atoms. The molecule has 1 saturated carbocycles. The predicted octanol–water partition coefficient (Wildman–Crippen LogP) is 3.76. The summed E-state index contributed by atoms with van der Waals surface area (Å²) in [6.45, 7) is 4.30. The van der Waals surface area contributed by atoms with Crippen LogP contribution in [-0.4, -0.2) is 13.1 Å². The zero-order valence-corrected chi connectivity index (χ0v) is 10.7. The molecule has 1 nitrogen and oxygen atoms in total. The van der Waals surface area contributed by atoms with Crippen molar-refractivity contribution in [3.05, 3.63) is 34.9 Å². The van der Waals surface area contributed by atoms with Crippen LogP contribution in [0.5, 0.6) is 0 Å². The van der Waals surface area contributed by atoms with Gasteiger partial charge >= 0.3 is 0 Å². The fourth-order valence-corrected chi connectivity index (χ4v) is 2.99. The number of likely N-dealkylation sites (N-methyl/N-ethyl adjacent to an activating group) is 1. The molecule has 0 bridgehead atoms. The molecule has 1 fully saturated rings. The monoisotopic (exact) mass is 237 g/mol. The van der Waals surface area contributed by atoms with E-state index in [0.29, 0.717) is 5.41 Å². The van der Waals surface area contributed by atoms with E-state index in [1.165, 1.54) is 31.2 Å². The lowest BCUT2D eigenvalue weighted by atomic mass is 9.79. The Morgan fingerprint density at radius 3 is 2.69 bits per heavy atom. The van der Waals surface area contributed by atoms with Crippen molar-refractivity contribution < 1.29 is 0 Å². The molecule has 1 N–H and O–H groups in total. The molecule has 2 rings (SSSR count). The first kappa shape index (κ1) is 11.9. The van der Waals surface area contributed by atoms with Crippen molar-refractivity contribution in [2.45, 2.75) is 38.0 Å². The fourth-order valence-electron chi connectivity index (χ4n) is 2.80. The summed E-state index contributed by atoms with van der Waals surface area (Å²) >= 11 is 6.10. The maximum atomic E-state index is 6.10. The smallest absolute Gasteiger partial charge is 0.0408 e. The zero-order valence-electron chi connectivity index (χ0n) is 9.93. The molecule has 0 unspecified atom stereocenters. The summed E-state index contributed by atoms with van der Waals surface area (Å²) in [7, 11) is 0. The van der Waals surface area contributed by atoms with Gasteiger partial charge in [0, 0.05) is 17.0 Å². The van der Waals surface area contributed by atoms with Crippen LogP contribution < -0.4 is 5.32 Å². The van der Waals surface area contributed by atoms with E-state index in [2.05, 4.69) is 30.4 Å². The van der Waals surface area contributed by atoms with Crippen LogP contribution >= 0.6 is 11.6 Å². The second kappa shape index (κ2) is 5.20. The van der Waals surface area contributed by atoms with Crippen LogP contribution in [0.3, 0.4) is 0 Å². The van der Waals surface area contributed by atoms with Gasteiger partial charge in [0.25, 0.3) is 0 Å². The molecule has 0 aliphatic heterocycles. The van der Waals surface area contributed by atoms with E-state index in [9.17, 15) is 0 Å². The third-order valence-corrected chi connectivity index (χ3v) is 3.95. The summed E-state index contributed by atoms with van der Waals surface area (Å²) in [6.07, 6.45) is 5.27. The normalized spacial score (nSPS) is 18.9. The summed E-state index contributed by atoms with van der Waals surface area (Å²) in [6, 6.07) is 8.41. The molecule has 2 heteroatoms. The average Bonchev–Trinajstić information content (AvgIpc) is 2.76. The first-order valence-corrected chi connectivity index (χ1v) is 6.61. The van der Waals surface area contributed by atoms with E-state index in [1.54, 1.807) is 0 Å². The third kappa shape index (κ3) is 2.41. The lowest BCUT2D eigenvalue weighted by Crippen LogP contribution is -2.35. The van der Waals surface area contributed by atoms with Gasteiger partial charge in [0.1, 0.15) is 0 Å². The first-order valence-electron chi connectivity index (χ1n) is 6.24. The van der Waals surface area contributed by atoms with Crippen LogP contribution in [0.15, 0.2) is 24.3 Å². The second-order valence-corrected chi connectivity index (χ2v) is 5.21. The van der Waals surface area contributed by atoms with Crippen molar-refractivity contribution in [1.82, 2.24) is 5.32 Å². The summed E-state index contributed by atoms with van der Waals surface area (Å²) in [5.74, 6) is 0. The van der Waals surface area contributed by atoms with Crippen molar-refractivity contribution in [3.8, 4) is 0 Å². The Labute approximate surface area is 103 Å². The van der Waals surface area contributed by atoms with Gasteiger partial charge in [-0.3, -0.25) is 0 Å². The van der Waals surface area contributed by atoms with E-state index in [-0.39, 0.29) is 0 Å². The van der Waals surface area contributed by atoms with Crippen LogP contribution in [0.1, 0.15) is 38.2 Å². The highest BCUT2D eigenvalue weighted by Crippen LogP contribution is 2.41. The van der Waals surface area contributed by atoms with E-state index in [1.807, 2.05) is 6.07 Å². The second-order valence-electron chi connectivity index (χ2n) is 4.78. The zero-order chi connectivity index (χ0) is 11.4. The quantitative estimate of drug-likeness (QED) is 0.841. The predicted molar refractivity (Wildman–Crippen MR) is 70.1 cm³/mol. The van der Waals surface area contributed by atoms with Gasteiger partial charge in [0.2, 0.25) is 0 Å². The largest absolute Gasteiger partial charge is 0.316 e. The van der Waals surface area contributed by atoms with Gasteiger partial charge in [-0.15, -0.1) is 0 Å². The minimum Gasteiger partial charge on any atom is -0.316 e. The van der Waals surface area contributed by atoms with Gasteiger partial charge in [0.15, 0.2) is 0 Å². The molecular weight excluding hydrogens is 218 g/mol. The van der Waals surface area contributed by atoms with E-state index >= 15 is 0 Å². The van der Waals surface area contributed by atoms with E-state index < -0.39 is 0 Å². The summed E-state index contributed by atoms with van der Waals surface area (Å²) in [5.41, 5.74) is 1.75. The molecule has 1 aliphatic carbocycles. The number of halogens is 1. The van der Waals surface area contributed by atoms with Crippen LogP contribution in [0, 0.1) is 0 Å². The summed E-state index contributed by atoms with van der Waals surface area (Å²) in [4.78, 5) is 0. The van der Waals surface area contributed by atoms with E-state index in [0.717, 1.165) is 18.1 Å². The number of hydrogen-bond donors (Lipinski definition) is 1. The highest BCUT2D eigenvalue weighted by Gasteiger charge is 2.34. The highest BCUT2D eigenvalue weighted by molar-refractivity contribution is 6.30. The molecule has 0 aromatic heterocycles. The van der Waals surface area contributed by atoms with Crippen LogP contribution in [0.25, 0.3) is 0 Å². The first-order chi connectivity index (χ1) is 7.77. The van der Waals surface area contributed by atoms with Crippen molar-refractivity contribution in [3.63, 3.8) is 0 Å². The van der Waals surface area contributed by atoms with Crippen molar-refractivity contribution in [2.24, 2.45) is 0 Å². The van der Waals surface area contributed by atoms with Gasteiger partial charge in [-0.25, -0.2) is 0 Å². The van der Waals surface area contributed by atoms with Crippen molar-refractivity contribution >= 4 is 11.6 Å². The molecule has 1 aliphatic rings. The molecule has 1 aromatic carbocycles. The maximum Gasteiger partial charge on any atom is 0.0408 e. The number of benzene rings is 1. The molecular formula is C14H20ClN. The van der Waals surface area contributed by atoms with Gasteiger partial charge < -0.3 is 5.32 Å². The molecule has 0 amide bonds. The third-order valence-electron chi connectivity index (χ3n) is 3.71. The molecule has 0 saturated heterocycles. The van der Waals surface area contributed by atoms with Crippen LogP contribution in [-0.2, 0) is 5.41 Å². The Morgan fingerprint density at radius 1 is 1.31 bits per heavy atom. The maximum absolute atomic E-state index is 6.10. The van der Waals surface area contributed by atoms with Gasteiger partial charge in [0.05, 0.1) is 0 Å². The Hall–Kier alpha value is -0.530. The van der Waals surface area contributed by atoms with Crippen LogP contribution in [0.2, 0.25) is 5.02 Å². The Bertz CT molecular complexity index is 342. The molecule has 1 aromatic rings. The van der Waals surface area contributed by atoms with Gasteiger partial charge in [-0.1, -0.05) is 43.5 Å². The van der Waals surface area contributed by atoms with Crippen molar-refractivity contribution in [2.75, 3.05) is 13.1 Å². The topological polar surface area (TPSA) is 12.0 Å². The molecule has 0 atom stereocenters. The minimum atomic E-state index is 0.334. The number of rotatable bonds is 4.